The van der Waals surface area contributed by atoms with E-state index in [1.165, 1.54) is 6.07 Å². The van der Waals surface area contributed by atoms with Gasteiger partial charge in [-0.3, -0.25) is 4.79 Å². The summed E-state index contributed by atoms with van der Waals surface area (Å²) < 4.78 is 69.0. The Morgan fingerprint density at radius 3 is 2.37 bits per heavy atom. The Morgan fingerprint density at radius 2 is 1.74 bits per heavy atom. The average Bonchev–Trinajstić information content (AvgIpc) is 2.57. The van der Waals surface area contributed by atoms with E-state index in [0.29, 0.717) is 18.2 Å². The van der Waals surface area contributed by atoms with E-state index in [1.54, 1.807) is 0 Å². The summed E-state index contributed by atoms with van der Waals surface area (Å²) in [6.45, 7) is 1.15. The number of esters is 1. The van der Waals surface area contributed by atoms with Gasteiger partial charge in [-0.1, -0.05) is 17.7 Å². The molecule has 0 fully saturated rings. The zero-order valence-corrected chi connectivity index (χ0v) is 14.3. The predicted octanol–water partition coefficient (Wildman–Crippen LogP) is 4.82. The number of anilines is 1. The van der Waals surface area contributed by atoms with Crippen molar-refractivity contribution in [1.29, 1.82) is 0 Å². The van der Waals surface area contributed by atoms with E-state index in [-0.39, 0.29) is 5.69 Å². The summed E-state index contributed by atoms with van der Waals surface area (Å²) in [5.41, 5.74) is -1.64. The first-order valence-corrected chi connectivity index (χ1v) is 7.70. The van der Waals surface area contributed by atoms with E-state index < -0.39 is 51.9 Å². The van der Waals surface area contributed by atoms with Gasteiger partial charge >= 0.3 is 12.1 Å². The van der Waals surface area contributed by atoms with Gasteiger partial charge in [-0.25, -0.2) is 13.6 Å². The summed E-state index contributed by atoms with van der Waals surface area (Å²) in [5, 5.41) is 1.74. The molecule has 0 aliphatic heterocycles. The van der Waals surface area contributed by atoms with Crippen molar-refractivity contribution < 1.29 is 36.3 Å². The van der Waals surface area contributed by atoms with Gasteiger partial charge in [0, 0.05) is 5.69 Å². The molecule has 0 spiro atoms. The lowest BCUT2D eigenvalue weighted by Gasteiger charge is -2.15. The van der Waals surface area contributed by atoms with Gasteiger partial charge in [0.2, 0.25) is 0 Å². The minimum atomic E-state index is -4.60. The molecule has 0 bridgehead atoms. The first kappa shape index (κ1) is 20.6. The Labute approximate surface area is 154 Å². The van der Waals surface area contributed by atoms with Gasteiger partial charge < -0.3 is 10.1 Å². The number of hydrogen-bond donors (Lipinski definition) is 1. The highest BCUT2D eigenvalue weighted by atomic mass is 35.5. The van der Waals surface area contributed by atoms with Crippen molar-refractivity contribution in [3.63, 3.8) is 0 Å². The van der Waals surface area contributed by atoms with Crippen LogP contribution in [0.3, 0.4) is 0 Å². The summed E-state index contributed by atoms with van der Waals surface area (Å²) in [6.07, 6.45) is -6.04. The van der Waals surface area contributed by atoms with E-state index in [1.807, 2.05) is 0 Å². The summed E-state index contributed by atoms with van der Waals surface area (Å²) in [4.78, 5) is 24.0. The fourth-order valence-corrected chi connectivity index (χ4v) is 2.20. The van der Waals surface area contributed by atoms with Crippen molar-refractivity contribution in [3.05, 3.63) is 64.2 Å². The molecule has 1 amide bonds. The molecule has 2 rings (SSSR count). The molecule has 0 saturated heterocycles. The molecule has 27 heavy (non-hydrogen) atoms. The third-order valence-corrected chi connectivity index (χ3v) is 3.65. The van der Waals surface area contributed by atoms with Gasteiger partial charge in [-0.05, 0) is 37.3 Å². The fourth-order valence-electron chi connectivity index (χ4n) is 1.97. The number of amides is 1. The molecule has 0 radical (unpaired) electrons. The van der Waals surface area contributed by atoms with Crippen LogP contribution in [0, 0.1) is 11.6 Å². The van der Waals surface area contributed by atoms with Crippen molar-refractivity contribution in [2.45, 2.75) is 19.2 Å². The average molecular weight is 408 g/mol. The van der Waals surface area contributed by atoms with E-state index in [2.05, 4.69) is 5.32 Å². The number of carbonyl (C=O) groups excluding carboxylic acids is 2. The third-order valence-electron chi connectivity index (χ3n) is 3.34. The molecule has 0 aromatic heterocycles. The van der Waals surface area contributed by atoms with Crippen LogP contribution < -0.4 is 5.32 Å². The van der Waals surface area contributed by atoms with Crippen LogP contribution in [0.15, 0.2) is 36.4 Å². The number of halogens is 6. The van der Waals surface area contributed by atoms with Gasteiger partial charge in [0.15, 0.2) is 17.7 Å². The van der Waals surface area contributed by atoms with Crippen LogP contribution in [0.25, 0.3) is 0 Å². The summed E-state index contributed by atoms with van der Waals surface area (Å²) in [7, 11) is 0. The highest BCUT2D eigenvalue weighted by Gasteiger charge is 2.30. The summed E-state index contributed by atoms with van der Waals surface area (Å²) in [5.74, 6) is -4.74. The van der Waals surface area contributed by atoms with Crippen LogP contribution >= 0.6 is 11.6 Å². The van der Waals surface area contributed by atoms with Crippen molar-refractivity contribution in [2.24, 2.45) is 0 Å². The minimum Gasteiger partial charge on any atom is -0.449 e. The zero-order chi connectivity index (χ0) is 20.4. The molecule has 0 saturated carbocycles. The second kappa shape index (κ2) is 7.91. The maximum absolute atomic E-state index is 13.2. The first-order chi connectivity index (χ1) is 12.5. The molecule has 2 aromatic carbocycles. The second-order valence-corrected chi connectivity index (χ2v) is 5.77. The van der Waals surface area contributed by atoms with Crippen LogP contribution in [-0.2, 0) is 15.7 Å². The molecule has 0 heterocycles. The largest absolute Gasteiger partial charge is 0.449 e. The van der Waals surface area contributed by atoms with Gasteiger partial charge in [-0.15, -0.1) is 0 Å². The van der Waals surface area contributed by atoms with E-state index >= 15 is 0 Å². The molecule has 1 unspecified atom stereocenters. The van der Waals surface area contributed by atoms with E-state index in [4.69, 9.17) is 16.3 Å². The van der Waals surface area contributed by atoms with Gasteiger partial charge in [0.05, 0.1) is 16.1 Å². The Kier molecular flexibility index (Phi) is 6.04. The third kappa shape index (κ3) is 5.16. The normalized spacial score (nSPS) is 12.4. The number of ether oxygens (including phenoxy) is 1. The first-order valence-electron chi connectivity index (χ1n) is 7.32. The summed E-state index contributed by atoms with van der Waals surface area (Å²) >= 11 is 5.63. The maximum atomic E-state index is 13.2. The molecular formula is C17H11ClF5NO3. The number of carbonyl (C=O) groups is 2. The lowest BCUT2D eigenvalue weighted by molar-refractivity contribution is -0.137. The molecular weight excluding hydrogens is 397 g/mol. The molecule has 2 aromatic rings. The van der Waals surface area contributed by atoms with E-state index in [9.17, 15) is 31.5 Å². The Bertz CT molecular complexity index is 885. The second-order valence-electron chi connectivity index (χ2n) is 5.36. The molecule has 1 atom stereocenters. The molecule has 144 valence electrons. The van der Waals surface area contributed by atoms with Crippen molar-refractivity contribution in [2.75, 3.05) is 5.32 Å². The monoisotopic (exact) mass is 407 g/mol. The molecule has 1 N–H and O–H groups in total. The highest BCUT2D eigenvalue weighted by Crippen LogP contribution is 2.30. The smallest absolute Gasteiger partial charge is 0.416 e. The van der Waals surface area contributed by atoms with Crippen molar-refractivity contribution in [3.8, 4) is 0 Å². The van der Waals surface area contributed by atoms with Crippen LogP contribution in [0.5, 0.6) is 0 Å². The zero-order valence-electron chi connectivity index (χ0n) is 13.5. The van der Waals surface area contributed by atoms with Crippen LogP contribution in [0.1, 0.15) is 22.8 Å². The highest BCUT2D eigenvalue weighted by molar-refractivity contribution is 6.33. The Hall–Kier alpha value is -2.68. The van der Waals surface area contributed by atoms with Gasteiger partial charge in [-0.2, -0.15) is 13.2 Å². The number of hydrogen-bond acceptors (Lipinski definition) is 3. The number of rotatable bonds is 4. The summed E-state index contributed by atoms with van der Waals surface area (Å²) in [6, 6.07) is 4.92. The Balaban J connectivity index is 2.08. The standard InChI is InChI=1S/C17H11ClF5NO3/c1-8(27-16(26)11-6-13(19)14(20)7-12(11)18)15(25)24-10-4-2-3-9(5-10)17(21,22)23/h2-8H,1H3,(H,24,25). The molecule has 0 aliphatic rings. The van der Waals surface area contributed by atoms with Gasteiger partial charge in [0.1, 0.15) is 0 Å². The topological polar surface area (TPSA) is 55.4 Å². The minimum absolute atomic E-state index is 0.163. The van der Waals surface area contributed by atoms with Crippen LogP contribution in [0.2, 0.25) is 5.02 Å². The van der Waals surface area contributed by atoms with Crippen molar-refractivity contribution in [1.82, 2.24) is 0 Å². The SMILES string of the molecule is CC(OC(=O)c1cc(F)c(F)cc1Cl)C(=O)Nc1cccc(C(F)(F)F)c1. The van der Waals surface area contributed by atoms with Crippen LogP contribution in [0.4, 0.5) is 27.6 Å². The maximum Gasteiger partial charge on any atom is 0.416 e. The lowest BCUT2D eigenvalue weighted by Crippen LogP contribution is -2.30. The quantitative estimate of drug-likeness (QED) is 0.449. The molecule has 4 nitrogen and oxygen atoms in total. The van der Waals surface area contributed by atoms with Crippen molar-refractivity contribution >= 4 is 29.2 Å². The number of nitrogens with one attached hydrogen (secondary N) is 1. The predicted molar refractivity (Wildman–Crippen MR) is 86.3 cm³/mol. The number of alkyl halides is 3. The van der Waals surface area contributed by atoms with Crippen LogP contribution in [-0.4, -0.2) is 18.0 Å². The molecule has 0 aliphatic carbocycles. The molecule has 10 heteroatoms. The van der Waals surface area contributed by atoms with E-state index in [0.717, 1.165) is 19.1 Å². The number of benzene rings is 2. The lowest BCUT2D eigenvalue weighted by atomic mass is 10.2. The van der Waals surface area contributed by atoms with Gasteiger partial charge in [0.25, 0.3) is 5.91 Å². The fraction of sp³-hybridized carbons (Fsp3) is 0.176. The Morgan fingerprint density at radius 1 is 1.11 bits per heavy atom.